The quantitative estimate of drug-likeness (QED) is 0.617. The molecule has 0 aliphatic heterocycles. The van der Waals surface area contributed by atoms with Crippen LogP contribution in [0.3, 0.4) is 0 Å². The van der Waals surface area contributed by atoms with Crippen molar-refractivity contribution in [3.63, 3.8) is 0 Å². The average Bonchev–Trinajstić information content (AvgIpc) is 2.35. The number of benzene rings is 1. The predicted octanol–water partition coefficient (Wildman–Crippen LogP) is 1.96. The Morgan fingerprint density at radius 3 is 2.68 bits per heavy atom. The Hall–Kier alpha value is -1.11. The highest BCUT2D eigenvalue weighted by molar-refractivity contribution is 7.89. The maximum atomic E-state index is 11.9. The average molecular weight is 306 g/mol. The molecule has 1 rings (SSSR count). The van der Waals surface area contributed by atoms with Crippen LogP contribution in [-0.4, -0.2) is 27.5 Å². The van der Waals surface area contributed by atoms with Gasteiger partial charge < -0.3 is 4.74 Å². The highest BCUT2D eigenvalue weighted by Gasteiger charge is 2.16. The summed E-state index contributed by atoms with van der Waals surface area (Å²) in [6.07, 6.45) is 0.557. The zero-order chi connectivity index (χ0) is 14.3. The third-order valence-corrected chi connectivity index (χ3v) is 4.24. The van der Waals surface area contributed by atoms with Crippen molar-refractivity contribution in [3.8, 4) is 0 Å². The van der Waals surface area contributed by atoms with Crippen LogP contribution in [-0.2, 0) is 19.6 Å². The molecule has 0 saturated heterocycles. The molecule has 5 nitrogen and oxygen atoms in total. The Morgan fingerprint density at radius 2 is 2.05 bits per heavy atom. The first-order valence-electron chi connectivity index (χ1n) is 5.87. The molecule has 0 fully saturated rings. The summed E-state index contributed by atoms with van der Waals surface area (Å²) in [7, 11) is -3.64. The number of halogens is 1. The van der Waals surface area contributed by atoms with Crippen LogP contribution in [0.1, 0.15) is 19.8 Å². The fraction of sp³-hybridized carbons (Fsp3) is 0.417. The van der Waals surface area contributed by atoms with Crippen molar-refractivity contribution in [2.45, 2.75) is 24.7 Å². The van der Waals surface area contributed by atoms with Gasteiger partial charge in [0.2, 0.25) is 10.0 Å². The van der Waals surface area contributed by atoms with Gasteiger partial charge in [0.25, 0.3) is 0 Å². The van der Waals surface area contributed by atoms with Gasteiger partial charge in [-0.3, -0.25) is 4.79 Å². The van der Waals surface area contributed by atoms with E-state index in [1.807, 2.05) is 0 Å². The second kappa shape index (κ2) is 7.47. The van der Waals surface area contributed by atoms with E-state index in [-0.39, 0.29) is 28.9 Å². The molecule has 0 atom stereocenters. The molecule has 0 aromatic heterocycles. The summed E-state index contributed by atoms with van der Waals surface area (Å²) in [6.45, 7) is 2.20. The largest absolute Gasteiger partial charge is 0.466 e. The summed E-state index contributed by atoms with van der Waals surface area (Å²) in [6, 6.07) is 6.19. The molecule has 1 aromatic carbocycles. The van der Waals surface area contributed by atoms with Gasteiger partial charge >= 0.3 is 5.97 Å². The number of hydrogen-bond donors (Lipinski definition) is 1. The van der Waals surface area contributed by atoms with E-state index in [0.29, 0.717) is 13.0 Å². The van der Waals surface area contributed by atoms with Crippen molar-refractivity contribution in [3.05, 3.63) is 29.3 Å². The summed E-state index contributed by atoms with van der Waals surface area (Å²) >= 11 is 5.82. The lowest BCUT2D eigenvalue weighted by Gasteiger charge is -2.07. The van der Waals surface area contributed by atoms with E-state index >= 15 is 0 Å². The zero-order valence-electron chi connectivity index (χ0n) is 10.6. The highest BCUT2D eigenvalue weighted by atomic mass is 35.5. The van der Waals surface area contributed by atoms with E-state index in [9.17, 15) is 13.2 Å². The van der Waals surface area contributed by atoms with Gasteiger partial charge in [-0.15, -0.1) is 0 Å². The van der Waals surface area contributed by atoms with Gasteiger partial charge in [0, 0.05) is 13.0 Å². The predicted molar refractivity (Wildman–Crippen MR) is 72.5 cm³/mol. The third kappa shape index (κ3) is 5.18. The number of carbonyl (C=O) groups is 1. The summed E-state index contributed by atoms with van der Waals surface area (Å²) in [5.74, 6) is -0.334. The van der Waals surface area contributed by atoms with Gasteiger partial charge in [-0.2, -0.15) is 0 Å². The van der Waals surface area contributed by atoms with Crippen molar-refractivity contribution in [2.24, 2.45) is 0 Å². The van der Waals surface area contributed by atoms with Gasteiger partial charge in [0.15, 0.2) is 0 Å². The Bertz CT molecular complexity index is 530. The molecule has 0 aliphatic rings. The normalized spacial score (nSPS) is 11.3. The molecular weight excluding hydrogens is 290 g/mol. The summed E-state index contributed by atoms with van der Waals surface area (Å²) in [5.41, 5.74) is 0. The fourth-order valence-electron chi connectivity index (χ4n) is 1.41. The molecule has 0 radical (unpaired) electrons. The second-order valence-corrected chi connectivity index (χ2v) is 5.88. The van der Waals surface area contributed by atoms with Crippen LogP contribution in [0.25, 0.3) is 0 Å². The number of rotatable bonds is 7. The van der Waals surface area contributed by atoms with E-state index in [4.69, 9.17) is 16.3 Å². The van der Waals surface area contributed by atoms with Gasteiger partial charge in [0.1, 0.15) is 4.90 Å². The number of sulfonamides is 1. The minimum absolute atomic E-state index is 0.0350. The second-order valence-electron chi connectivity index (χ2n) is 3.74. The van der Waals surface area contributed by atoms with Crippen molar-refractivity contribution in [1.82, 2.24) is 4.72 Å². The molecule has 7 heteroatoms. The molecule has 1 aromatic rings. The number of nitrogens with one attached hydrogen (secondary N) is 1. The first-order chi connectivity index (χ1) is 8.97. The third-order valence-electron chi connectivity index (χ3n) is 2.28. The van der Waals surface area contributed by atoms with E-state index in [1.165, 1.54) is 12.1 Å². The molecule has 0 spiro atoms. The maximum absolute atomic E-state index is 11.9. The minimum Gasteiger partial charge on any atom is -0.466 e. The smallest absolute Gasteiger partial charge is 0.305 e. The lowest BCUT2D eigenvalue weighted by molar-refractivity contribution is -0.143. The Morgan fingerprint density at radius 1 is 1.37 bits per heavy atom. The van der Waals surface area contributed by atoms with Crippen molar-refractivity contribution in [2.75, 3.05) is 13.2 Å². The summed E-state index contributed by atoms with van der Waals surface area (Å²) in [5, 5.41) is 0.167. The molecule has 0 amide bonds. The topological polar surface area (TPSA) is 72.5 Å². The van der Waals surface area contributed by atoms with Crippen molar-refractivity contribution in [1.29, 1.82) is 0 Å². The van der Waals surface area contributed by atoms with E-state index in [1.54, 1.807) is 19.1 Å². The summed E-state index contributed by atoms with van der Waals surface area (Å²) in [4.78, 5) is 11.1. The van der Waals surface area contributed by atoms with Gasteiger partial charge in [-0.25, -0.2) is 13.1 Å². The molecule has 0 aliphatic carbocycles. The first-order valence-corrected chi connectivity index (χ1v) is 7.73. The van der Waals surface area contributed by atoms with Crippen molar-refractivity contribution < 1.29 is 17.9 Å². The molecule has 0 saturated carbocycles. The van der Waals surface area contributed by atoms with Gasteiger partial charge in [0.05, 0.1) is 11.6 Å². The Balaban J connectivity index is 2.49. The molecule has 0 heterocycles. The first kappa shape index (κ1) is 15.9. The number of ether oxygens (including phenoxy) is 1. The van der Waals surface area contributed by atoms with Gasteiger partial charge in [-0.05, 0) is 25.5 Å². The number of hydrogen-bond acceptors (Lipinski definition) is 4. The Labute approximate surface area is 118 Å². The molecule has 106 valence electrons. The summed E-state index contributed by atoms with van der Waals surface area (Å²) < 4.78 is 31.0. The van der Waals surface area contributed by atoms with Crippen molar-refractivity contribution >= 4 is 27.6 Å². The molecule has 1 N–H and O–H groups in total. The van der Waals surface area contributed by atoms with E-state index in [2.05, 4.69) is 4.72 Å². The fourth-order valence-corrected chi connectivity index (χ4v) is 3.00. The number of carbonyl (C=O) groups excluding carboxylic acids is 1. The molecule has 0 bridgehead atoms. The standard InChI is InChI=1S/C12H16ClNO4S/c1-2-18-12(15)8-5-9-14-19(16,17)11-7-4-3-6-10(11)13/h3-4,6-7,14H,2,5,8-9H2,1H3. The zero-order valence-corrected chi connectivity index (χ0v) is 12.1. The van der Waals surface area contributed by atoms with Crippen LogP contribution < -0.4 is 4.72 Å². The number of esters is 1. The lowest BCUT2D eigenvalue weighted by atomic mass is 10.3. The minimum atomic E-state index is -3.64. The van der Waals surface area contributed by atoms with Crippen LogP contribution in [0, 0.1) is 0 Å². The molecule has 0 unspecified atom stereocenters. The Kier molecular flexibility index (Phi) is 6.27. The van der Waals surface area contributed by atoms with Gasteiger partial charge in [-0.1, -0.05) is 23.7 Å². The van der Waals surface area contributed by atoms with Crippen LogP contribution in [0.5, 0.6) is 0 Å². The SMILES string of the molecule is CCOC(=O)CCCNS(=O)(=O)c1ccccc1Cl. The maximum Gasteiger partial charge on any atom is 0.305 e. The van der Waals surface area contributed by atoms with Crippen LogP contribution in [0.15, 0.2) is 29.2 Å². The molecule has 19 heavy (non-hydrogen) atoms. The lowest BCUT2D eigenvalue weighted by Crippen LogP contribution is -2.25. The molecular formula is C12H16ClNO4S. The van der Waals surface area contributed by atoms with E-state index in [0.717, 1.165) is 0 Å². The van der Waals surface area contributed by atoms with E-state index < -0.39 is 10.0 Å². The highest BCUT2D eigenvalue weighted by Crippen LogP contribution is 2.19. The van der Waals surface area contributed by atoms with Crippen LogP contribution >= 0.6 is 11.6 Å². The van der Waals surface area contributed by atoms with Crippen LogP contribution in [0.2, 0.25) is 5.02 Å². The van der Waals surface area contributed by atoms with Crippen LogP contribution in [0.4, 0.5) is 0 Å². The monoisotopic (exact) mass is 305 g/mol.